The number of pyridine rings is 2. The third-order valence-corrected chi connectivity index (χ3v) is 3.47. The highest BCUT2D eigenvalue weighted by molar-refractivity contribution is 5.71. The fourth-order valence-electron chi connectivity index (χ4n) is 2.52. The Hall–Kier alpha value is -2.56. The zero-order valence-corrected chi connectivity index (χ0v) is 12.0. The molecule has 0 fully saturated rings. The van der Waals surface area contributed by atoms with E-state index < -0.39 is 0 Å². The average Bonchev–Trinajstić information content (AvgIpc) is 2.51. The number of nitrogens with zero attached hydrogens (tertiary/aromatic N) is 4. The van der Waals surface area contributed by atoms with Crippen LogP contribution in [0.4, 0.5) is 0 Å². The molecule has 0 bridgehead atoms. The first-order valence-electron chi connectivity index (χ1n) is 6.91. The van der Waals surface area contributed by atoms with Gasteiger partial charge in [0.05, 0.1) is 23.6 Å². The Kier molecular flexibility index (Phi) is 3.48. The second-order valence-corrected chi connectivity index (χ2v) is 5.27. The third-order valence-electron chi connectivity index (χ3n) is 3.47. The van der Waals surface area contributed by atoms with Crippen molar-refractivity contribution in [1.29, 1.82) is 0 Å². The predicted octanol–water partition coefficient (Wildman–Crippen LogP) is 2.43. The molecule has 0 N–H and O–H groups in total. The molecule has 5 nitrogen and oxygen atoms in total. The van der Waals surface area contributed by atoms with Gasteiger partial charge in [-0.1, -0.05) is 19.9 Å². The Balaban J connectivity index is 2.21. The smallest absolute Gasteiger partial charge is 0.280 e. The van der Waals surface area contributed by atoms with Gasteiger partial charge < -0.3 is 0 Å². The molecule has 3 heterocycles. The van der Waals surface area contributed by atoms with Crippen LogP contribution in [0.2, 0.25) is 0 Å². The summed E-state index contributed by atoms with van der Waals surface area (Å²) in [5.74, 6) is 0.209. The second kappa shape index (κ2) is 5.44. The summed E-state index contributed by atoms with van der Waals surface area (Å²) in [7, 11) is 0. The molecular weight excluding hydrogens is 264 g/mol. The monoisotopic (exact) mass is 280 g/mol. The Labute approximate surface area is 122 Å². The standard InChI is InChI=1S/C16H16N4O/c1-11(2)15(13-6-3-4-8-17-13)20-10-19-12-7-5-9-18-14(12)16(20)21/h3-11,15H,1-2H3/t15-/m0/s1. The summed E-state index contributed by atoms with van der Waals surface area (Å²) in [4.78, 5) is 25.6. The molecule has 106 valence electrons. The SMILES string of the molecule is CC(C)[C@@H](c1ccccn1)n1cnc2cccnc2c1=O. The van der Waals surface area contributed by atoms with Crippen molar-refractivity contribution in [2.45, 2.75) is 19.9 Å². The van der Waals surface area contributed by atoms with Crippen LogP contribution >= 0.6 is 0 Å². The maximum absolute atomic E-state index is 12.7. The number of rotatable bonds is 3. The number of hydrogen-bond acceptors (Lipinski definition) is 4. The summed E-state index contributed by atoms with van der Waals surface area (Å²) in [6.07, 6.45) is 4.94. The van der Waals surface area contributed by atoms with Crippen LogP contribution in [0.5, 0.6) is 0 Å². The minimum Gasteiger partial charge on any atom is -0.288 e. The van der Waals surface area contributed by atoms with Crippen LogP contribution in [0.25, 0.3) is 11.0 Å². The van der Waals surface area contributed by atoms with Gasteiger partial charge in [0.2, 0.25) is 0 Å². The van der Waals surface area contributed by atoms with E-state index in [1.807, 2.05) is 18.2 Å². The fourth-order valence-corrected chi connectivity index (χ4v) is 2.52. The molecule has 21 heavy (non-hydrogen) atoms. The van der Waals surface area contributed by atoms with Gasteiger partial charge in [0.15, 0.2) is 5.52 Å². The molecule has 0 aliphatic rings. The van der Waals surface area contributed by atoms with Gasteiger partial charge in [-0.2, -0.15) is 0 Å². The maximum atomic E-state index is 12.7. The molecule has 3 aromatic heterocycles. The minimum absolute atomic E-state index is 0.134. The van der Waals surface area contributed by atoms with E-state index in [1.165, 1.54) is 0 Å². The summed E-state index contributed by atoms with van der Waals surface area (Å²) < 4.78 is 1.63. The lowest BCUT2D eigenvalue weighted by molar-refractivity contribution is 0.415. The lowest BCUT2D eigenvalue weighted by Crippen LogP contribution is -2.30. The van der Waals surface area contributed by atoms with Crippen molar-refractivity contribution in [1.82, 2.24) is 19.5 Å². The summed E-state index contributed by atoms with van der Waals surface area (Å²) in [5.41, 5.74) is 1.72. The first kappa shape index (κ1) is 13.4. The van der Waals surface area contributed by atoms with Crippen molar-refractivity contribution >= 4 is 11.0 Å². The molecular formula is C16H16N4O. The van der Waals surface area contributed by atoms with Gasteiger partial charge in [0, 0.05) is 12.4 Å². The van der Waals surface area contributed by atoms with Gasteiger partial charge in [0.25, 0.3) is 5.56 Å². The van der Waals surface area contributed by atoms with Crippen molar-refractivity contribution < 1.29 is 0 Å². The Morgan fingerprint density at radius 2 is 1.81 bits per heavy atom. The Bertz CT molecular complexity index is 811. The predicted molar refractivity (Wildman–Crippen MR) is 81.0 cm³/mol. The molecule has 5 heteroatoms. The van der Waals surface area contributed by atoms with Crippen molar-refractivity contribution in [2.24, 2.45) is 5.92 Å². The molecule has 0 saturated heterocycles. The third kappa shape index (κ3) is 2.42. The van der Waals surface area contributed by atoms with E-state index in [1.54, 1.807) is 35.4 Å². The molecule has 0 aliphatic heterocycles. The van der Waals surface area contributed by atoms with Crippen molar-refractivity contribution in [3.63, 3.8) is 0 Å². The maximum Gasteiger partial charge on any atom is 0.280 e. The molecule has 0 aliphatic carbocycles. The van der Waals surface area contributed by atoms with Crippen LogP contribution < -0.4 is 5.56 Å². The number of fused-ring (bicyclic) bond motifs is 1. The zero-order chi connectivity index (χ0) is 14.8. The Morgan fingerprint density at radius 3 is 2.52 bits per heavy atom. The first-order chi connectivity index (χ1) is 10.2. The molecule has 0 aromatic carbocycles. The van der Waals surface area contributed by atoms with Crippen LogP contribution in [-0.4, -0.2) is 19.5 Å². The summed E-state index contributed by atoms with van der Waals surface area (Å²) in [5, 5.41) is 0. The van der Waals surface area contributed by atoms with Crippen molar-refractivity contribution in [3.8, 4) is 0 Å². The normalized spacial score (nSPS) is 12.7. The largest absolute Gasteiger partial charge is 0.288 e. The van der Waals surface area contributed by atoms with Gasteiger partial charge in [-0.3, -0.25) is 14.3 Å². The van der Waals surface area contributed by atoms with Gasteiger partial charge in [-0.15, -0.1) is 0 Å². The van der Waals surface area contributed by atoms with Crippen molar-refractivity contribution in [3.05, 3.63) is 65.1 Å². The molecule has 0 spiro atoms. The second-order valence-electron chi connectivity index (χ2n) is 5.27. The Morgan fingerprint density at radius 1 is 1.00 bits per heavy atom. The molecule has 3 rings (SSSR count). The topological polar surface area (TPSA) is 60.7 Å². The highest BCUT2D eigenvalue weighted by Crippen LogP contribution is 2.23. The highest BCUT2D eigenvalue weighted by Gasteiger charge is 2.21. The van der Waals surface area contributed by atoms with E-state index in [4.69, 9.17) is 0 Å². The van der Waals surface area contributed by atoms with Gasteiger partial charge in [-0.25, -0.2) is 9.97 Å². The summed E-state index contributed by atoms with van der Waals surface area (Å²) in [6, 6.07) is 9.13. The molecule has 3 aromatic rings. The van der Waals surface area contributed by atoms with E-state index >= 15 is 0 Å². The van der Waals surface area contributed by atoms with E-state index in [0.29, 0.717) is 11.0 Å². The first-order valence-corrected chi connectivity index (χ1v) is 6.91. The van der Waals surface area contributed by atoms with E-state index in [9.17, 15) is 4.79 Å². The zero-order valence-electron chi connectivity index (χ0n) is 12.0. The molecule has 0 saturated carbocycles. The lowest BCUT2D eigenvalue weighted by atomic mass is 10.00. The van der Waals surface area contributed by atoms with E-state index in [0.717, 1.165) is 5.69 Å². The molecule has 0 unspecified atom stereocenters. The highest BCUT2D eigenvalue weighted by atomic mass is 16.1. The quantitative estimate of drug-likeness (QED) is 0.739. The number of aromatic nitrogens is 4. The fraction of sp³-hybridized carbons (Fsp3) is 0.250. The van der Waals surface area contributed by atoms with Crippen LogP contribution in [0, 0.1) is 5.92 Å². The van der Waals surface area contributed by atoms with Crippen LogP contribution in [0.15, 0.2) is 53.8 Å². The van der Waals surface area contributed by atoms with Crippen LogP contribution in [0.1, 0.15) is 25.6 Å². The van der Waals surface area contributed by atoms with Crippen LogP contribution in [0.3, 0.4) is 0 Å². The average molecular weight is 280 g/mol. The lowest BCUT2D eigenvalue weighted by Gasteiger charge is -2.22. The van der Waals surface area contributed by atoms with E-state index in [-0.39, 0.29) is 17.5 Å². The van der Waals surface area contributed by atoms with Gasteiger partial charge >= 0.3 is 0 Å². The van der Waals surface area contributed by atoms with E-state index in [2.05, 4.69) is 28.8 Å². The van der Waals surface area contributed by atoms with Gasteiger partial charge in [-0.05, 0) is 30.2 Å². The molecule has 0 radical (unpaired) electrons. The number of hydrogen-bond donors (Lipinski definition) is 0. The molecule has 0 amide bonds. The van der Waals surface area contributed by atoms with Crippen molar-refractivity contribution in [2.75, 3.05) is 0 Å². The summed E-state index contributed by atoms with van der Waals surface area (Å²) >= 11 is 0. The van der Waals surface area contributed by atoms with Gasteiger partial charge in [0.1, 0.15) is 0 Å². The van der Waals surface area contributed by atoms with Crippen LogP contribution in [-0.2, 0) is 0 Å². The summed E-state index contributed by atoms with van der Waals surface area (Å²) in [6.45, 7) is 4.13. The molecule has 1 atom stereocenters. The minimum atomic E-state index is -0.155.